The van der Waals surface area contributed by atoms with Crippen LogP contribution in [0.15, 0.2) is 36.5 Å². The predicted molar refractivity (Wildman–Crippen MR) is 74.8 cm³/mol. The van der Waals surface area contributed by atoms with Crippen molar-refractivity contribution in [3.05, 3.63) is 58.0 Å². The van der Waals surface area contributed by atoms with Gasteiger partial charge in [0, 0.05) is 24.4 Å². The number of nitro groups is 1. The molecule has 2 aromatic rings. The first-order valence-electron chi connectivity index (χ1n) is 6.26. The second-order valence-corrected chi connectivity index (χ2v) is 4.41. The maximum absolute atomic E-state index is 13.7. The molecule has 21 heavy (non-hydrogen) atoms. The SMILES string of the molecule is CNC(C)c1ccc(Oc2ccc([N+](=O)[O-])cc2F)nc1. The average molecular weight is 291 g/mol. The number of benzene rings is 1. The van der Waals surface area contributed by atoms with Crippen molar-refractivity contribution in [3.8, 4) is 11.6 Å². The number of halogens is 1. The number of ether oxygens (including phenoxy) is 1. The summed E-state index contributed by atoms with van der Waals surface area (Å²) < 4.78 is 19.0. The Hall–Kier alpha value is -2.54. The molecule has 2 rings (SSSR count). The molecule has 7 heteroatoms. The van der Waals surface area contributed by atoms with E-state index in [0.29, 0.717) is 0 Å². The largest absolute Gasteiger partial charge is 0.436 e. The van der Waals surface area contributed by atoms with E-state index in [1.165, 1.54) is 12.1 Å². The lowest BCUT2D eigenvalue weighted by Crippen LogP contribution is -2.12. The minimum Gasteiger partial charge on any atom is -0.436 e. The van der Waals surface area contributed by atoms with Gasteiger partial charge in [0.1, 0.15) is 0 Å². The topological polar surface area (TPSA) is 77.3 Å². The Balaban J connectivity index is 2.16. The summed E-state index contributed by atoms with van der Waals surface area (Å²) in [6, 6.07) is 6.77. The fraction of sp³-hybridized carbons (Fsp3) is 0.214. The van der Waals surface area contributed by atoms with Crippen molar-refractivity contribution in [1.82, 2.24) is 10.3 Å². The van der Waals surface area contributed by atoms with Gasteiger partial charge in [-0.05, 0) is 25.6 Å². The molecular weight excluding hydrogens is 277 g/mol. The highest BCUT2D eigenvalue weighted by Gasteiger charge is 2.13. The molecule has 0 aliphatic heterocycles. The fourth-order valence-electron chi connectivity index (χ4n) is 1.67. The summed E-state index contributed by atoms with van der Waals surface area (Å²) in [5, 5.41) is 13.6. The van der Waals surface area contributed by atoms with Crippen LogP contribution < -0.4 is 10.1 Å². The molecule has 1 atom stereocenters. The highest BCUT2D eigenvalue weighted by atomic mass is 19.1. The molecule has 0 saturated heterocycles. The van der Waals surface area contributed by atoms with Gasteiger partial charge in [0.15, 0.2) is 11.6 Å². The number of pyridine rings is 1. The Bertz CT molecular complexity index is 646. The maximum Gasteiger partial charge on any atom is 0.272 e. The van der Waals surface area contributed by atoms with E-state index in [-0.39, 0.29) is 23.4 Å². The van der Waals surface area contributed by atoms with E-state index < -0.39 is 10.7 Å². The van der Waals surface area contributed by atoms with Crippen LogP contribution in [0.2, 0.25) is 0 Å². The number of hydrogen-bond donors (Lipinski definition) is 1. The molecule has 1 unspecified atom stereocenters. The van der Waals surface area contributed by atoms with Crippen molar-refractivity contribution >= 4 is 5.69 Å². The molecule has 110 valence electrons. The van der Waals surface area contributed by atoms with Crippen molar-refractivity contribution in [2.24, 2.45) is 0 Å². The molecule has 0 aliphatic carbocycles. The summed E-state index contributed by atoms with van der Waals surface area (Å²) in [4.78, 5) is 13.9. The van der Waals surface area contributed by atoms with E-state index in [1.54, 1.807) is 12.3 Å². The lowest BCUT2D eigenvalue weighted by molar-refractivity contribution is -0.385. The van der Waals surface area contributed by atoms with Crippen molar-refractivity contribution < 1.29 is 14.1 Å². The van der Waals surface area contributed by atoms with Gasteiger partial charge in [-0.2, -0.15) is 0 Å². The second-order valence-electron chi connectivity index (χ2n) is 4.41. The zero-order valence-electron chi connectivity index (χ0n) is 11.5. The number of nitrogens with one attached hydrogen (secondary N) is 1. The molecule has 0 spiro atoms. The molecule has 1 aromatic carbocycles. The number of hydrogen-bond acceptors (Lipinski definition) is 5. The quantitative estimate of drug-likeness (QED) is 0.676. The Morgan fingerprint density at radius 2 is 2.14 bits per heavy atom. The van der Waals surface area contributed by atoms with E-state index >= 15 is 0 Å². The van der Waals surface area contributed by atoms with Gasteiger partial charge in [-0.1, -0.05) is 6.07 Å². The van der Waals surface area contributed by atoms with Crippen LogP contribution in [0.25, 0.3) is 0 Å². The van der Waals surface area contributed by atoms with Crippen molar-refractivity contribution in [2.45, 2.75) is 13.0 Å². The number of nitro benzene ring substituents is 1. The number of aromatic nitrogens is 1. The third-order valence-electron chi connectivity index (χ3n) is 3.03. The van der Waals surface area contributed by atoms with Crippen molar-refractivity contribution in [1.29, 1.82) is 0 Å². The Morgan fingerprint density at radius 3 is 2.67 bits per heavy atom. The first kappa shape index (κ1) is 14.9. The molecule has 1 aromatic heterocycles. The zero-order chi connectivity index (χ0) is 15.4. The molecule has 0 amide bonds. The van der Waals surface area contributed by atoms with E-state index in [4.69, 9.17) is 4.74 Å². The Kier molecular flexibility index (Phi) is 4.44. The smallest absolute Gasteiger partial charge is 0.272 e. The zero-order valence-corrected chi connectivity index (χ0v) is 11.5. The number of rotatable bonds is 5. The molecular formula is C14H14FN3O3. The summed E-state index contributed by atoms with van der Waals surface area (Å²) in [6.45, 7) is 1.98. The van der Waals surface area contributed by atoms with Crippen LogP contribution >= 0.6 is 0 Å². The van der Waals surface area contributed by atoms with Crippen LogP contribution in [0.5, 0.6) is 11.6 Å². The van der Waals surface area contributed by atoms with Crippen molar-refractivity contribution in [3.63, 3.8) is 0 Å². The minimum absolute atomic E-state index is 0.109. The van der Waals surface area contributed by atoms with Crippen LogP contribution in [-0.2, 0) is 0 Å². The lowest BCUT2D eigenvalue weighted by atomic mass is 10.1. The summed E-state index contributed by atoms with van der Waals surface area (Å²) in [6.07, 6.45) is 1.62. The van der Waals surface area contributed by atoms with Crippen LogP contribution in [0.3, 0.4) is 0 Å². The van der Waals surface area contributed by atoms with Gasteiger partial charge in [-0.3, -0.25) is 10.1 Å². The standard InChI is InChI=1S/C14H14FN3O3/c1-9(16-2)10-3-6-14(17-8-10)21-13-5-4-11(18(19)20)7-12(13)15/h3-9,16H,1-2H3. The van der Waals surface area contributed by atoms with Gasteiger partial charge in [-0.15, -0.1) is 0 Å². The molecule has 1 heterocycles. The fourth-order valence-corrected chi connectivity index (χ4v) is 1.67. The summed E-state index contributed by atoms with van der Waals surface area (Å²) in [5.41, 5.74) is 0.639. The molecule has 1 N–H and O–H groups in total. The van der Waals surface area contributed by atoms with Crippen molar-refractivity contribution in [2.75, 3.05) is 7.05 Å². The van der Waals surface area contributed by atoms with E-state index in [2.05, 4.69) is 10.3 Å². The molecule has 0 saturated carbocycles. The Morgan fingerprint density at radius 1 is 1.38 bits per heavy atom. The third-order valence-corrected chi connectivity index (χ3v) is 3.03. The van der Waals surface area contributed by atoms with Crippen LogP contribution in [0, 0.1) is 15.9 Å². The van der Waals surface area contributed by atoms with E-state index in [9.17, 15) is 14.5 Å². The molecule has 6 nitrogen and oxygen atoms in total. The monoisotopic (exact) mass is 291 g/mol. The summed E-state index contributed by atoms with van der Waals surface area (Å²) in [5.74, 6) is -0.698. The third kappa shape index (κ3) is 3.51. The lowest BCUT2D eigenvalue weighted by Gasteiger charge is -2.11. The van der Waals surface area contributed by atoms with Gasteiger partial charge in [-0.25, -0.2) is 9.37 Å². The number of non-ortho nitro benzene ring substituents is 1. The molecule has 0 fully saturated rings. The second kappa shape index (κ2) is 6.27. The minimum atomic E-state index is -0.807. The van der Waals surface area contributed by atoms with E-state index in [1.807, 2.05) is 20.0 Å². The summed E-state index contributed by atoms with van der Waals surface area (Å²) in [7, 11) is 1.83. The molecule has 0 radical (unpaired) electrons. The van der Waals surface area contributed by atoms with Gasteiger partial charge in [0.05, 0.1) is 11.0 Å². The predicted octanol–water partition coefficient (Wildman–Crippen LogP) is 3.20. The highest BCUT2D eigenvalue weighted by Crippen LogP contribution is 2.26. The molecule has 0 aliphatic rings. The number of nitrogens with zero attached hydrogens (tertiary/aromatic N) is 2. The van der Waals surface area contributed by atoms with E-state index in [0.717, 1.165) is 11.6 Å². The first-order valence-corrected chi connectivity index (χ1v) is 6.26. The Labute approximate surface area is 120 Å². The van der Waals surface area contributed by atoms with Gasteiger partial charge >= 0.3 is 0 Å². The first-order chi connectivity index (χ1) is 10.0. The van der Waals surface area contributed by atoms with Gasteiger partial charge < -0.3 is 10.1 Å². The maximum atomic E-state index is 13.7. The highest BCUT2D eigenvalue weighted by molar-refractivity contribution is 5.39. The van der Waals surface area contributed by atoms with Crippen LogP contribution in [0.4, 0.5) is 10.1 Å². The summed E-state index contributed by atoms with van der Waals surface area (Å²) >= 11 is 0. The normalized spacial score (nSPS) is 12.0. The van der Waals surface area contributed by atoms with Crippen LogP contribution in [0.1, 0.15) is 18.5 Å². The molecule has 0 bridgehead atoms. The van der Waals surface area contributed by atoms with Gasteiger partial charge in [0.25, 0.3) is 5.69 Å². The van der Waals surface area contributed by atoms with Crippen LogP contribution in [-0.4, -0.2) is 17.0 Å². The van der Waals surface area contributed by atoms with Gasteiger partial charge in [0.2, 0.25) is 5.88 Å². The average Bonchev–Trinajstić information content (AvgIpc) is 2.49.